The fraction of sp³-hybridized carbons (Fsp3) is 0.647. The summed E-state index contributed by atoms with van der Waals surface area (Å²) in [4.78, 5) is 2.61. The van der Waals surface area contributed by atoms with E-state index in [4.69, 9.17) is 0 Å². The molecule has 19 heavy (non-hydrogen) atoms. The highest BCUT2D eigenvalue weighted by Crippen LogP contribution is 2.35. The first kappa shape index (κ1) is 11.8. The van der Waals surface area contributed by atoms with Gasteiger partial charge >= 0.3 is 0 Å². The van der Waals surface area contributed by atoms with E-state index in [9.17, 15) is 0 Å². The van der Waals surface area contributed by atoms with Gasteiger partial charge in [0.1, 0.15) is 0 Å². The van der Waals surface area contributed by atoms with Gasteiger partial charge in [-0.15, -0.1) is 0 Å². The van der Waals surface area contributed by atoms with Crippen LogP contribution in [0.2, 0.25) is 0 Å². The van der Waals surface area contributed by atoms with Gasteiger partial charge in [-0.3, -0.25) is 0 Å². The fourth-order valence-corrected chi connectivity index (χ4v) is 4.43. The minimum atomic E-state index is 0.688. The average molecular weight is 256 g/mol. The first-order valence-corrected chi connectivity index (χ1v) is 7.90. The number of fused-ring (bicyclic) bond motifs is 3. The highest BCUT2D eigenvalue weighted by Gasteiger charge is 2.38. The Morgan fingerprint density at radius 2 is 1.79 bits per heavy atom. The molecule has 3 aliphatic rings. The van der Waals surface area contributed by atoms with E-state index in [2.05, 4.69) is 35.5 Å². The molecule has 1 aromatic rings. The monoisotopic (exact) mass is 256 g/mol. The molecule has 0 aromatic heterocycles. The van der Waals surface area contributed by atoms with Crippen LogP contribution < -0.4 is 5.32 Å². The molecule has 2 atom stereocenters. The largest absolute Gasteiger partial charge is 0.382 e. The molecule has 2 fully saturated rings. The number of benzene rings is 1. The van der Waals surface area contributed by atoms with Gasteiger partial charge in [0.25, 0.3) is 0 Å². The molecule has 2 heterocycles. The maximum atomic E-state index is 3.81. The zero-order valence-electron chi connectivity index (χ0n) is 11.9. The highest BCUT2D eigenvalue weighted by atomic mass is 15.2. The molecular formula is C17H24N2. The number of aryl methyl sites for hydroxylation is 2. The Morgan fingerprint density at radius 1 is 1.05 bits per heavy atom. The van der Waals surface area contributed by atoms with Crippen molar-refractivity contribution >= 4 is 5.69 Å². The van der Waals surface area contributed by atoms with Gasteiger partial charge in [-0.2, -0.15) is 0 Å². The zero-order valence-corrected chi connectivity index (χ0v) is 11.9. The van der Waals surface area contributed by atoms with E-state index >= 15 is 0 Å². The number of rotatable bonds is 2. The van der Waals surface area contributed by atoms with Crippen molar-refractivity contribution in [2.24, 2.45) is 0 Å². The SMILES string of the molecule is CN1C2CCC1CC(Nc1ccc3c(c1)CCC3)C2. The Hall–Kier alpha value is -1.02. The third kappa shape index (κ3) is 2.06. The van der Waals surface area contributed by atoms with E-state index in [0.717, 1.165) is 12.1 Å². The third-order valence-corrected chi connectivity index (χ3v) is 5.57. The molecule has 2 aliphatic heterocycles. The average Bonchev–Trinajstić information content (AvgIpc) is 2.92. The van der Waals surface area contributed by atoms with Gasteiger partial charge in [-0.25, -0.2) is 0 Å². The summed E-state index contributed by atoms with van der Waals surface area (Å²) < 4.78 is 0. The Labute approximate surface area is 116 Å². The predicted molar refractivity (Wildman–Crippen MR) is 79.7 cm³/mol. The molecule has 0 amide bonds. The van der Waals surface area contributed by atoms with Crippen LogP contribution in [0.25, 0.3) is 0 Å². The lowest BCUT2D eigenvalue weighted by molar-refractivity contribution is 0.169. The van der Waals surface area contributed by atoms with Crippen LogP contribution in [0, 0.1) is 0 Å². The highest BCUT2D eigenvalue weighted by molar-refractivity contribution is 5.50. The Balaban J connectivity index is 1.47. The van der Waals surface area contributed by atoms with Crippen LogP contribution in [0.4, 0.5) is 5.69 Å². The summed E-state index contributed by atoms with van der Waals surface area (Å²) in [6.45, 7) is 0. The summed E-state index contributed by atoms with van der Waals surface area (Å²) in [7, 11) is 2.31. The van der Waals surface area contributed by atoms with Crippen molar-refractivity contribution in [1.82, 2.24) is 4.90 Å². The number of nitrogens with one attached hydrogen (secondary N) is 1. The molecule has 4 rings (SSSR count). The van der Waals surface area contributed by atoms with Gasteiger partial charge < -0.3 is 10.2 Å². The molecular weight excluding hydrogens is 232 g/mol. The minimum absolute atomic E-state index is 0.688. The maximum Gasteiger partial charge on any atom is 0.0345 e. The lowest BCUT2D eigenvalue weighted by Gasteiger charge is -2.37. The van der Waals surface area contributed by atoms with Crippen LogP contribution in [-0.4, -0.2) is 30.1 Å². The van der Waals surface area contributed by atoms with Crippen molar-refractivity contribution in [2.75, 3.05) is 12.4 Å². The molecule has 102 valence electrons. The van der Waals surface area contributed by atoms with Crippen LogP contribution in [0.1, 0.15) is 43.2 Å². The van der Waals surface area contributed by atoms with E-state index in [0.29, 0.717) is 6.04 Å². The first-order valence-electron chi connectivity index (χ1n) is 7.90. The maximum absolute atomic E-state index is 3.81. The summed E-state index contributed by atoms with van der Waals surface area (Å²) in [5.74, 6) is 0. The third-order valence-electron chi connectivity index (χ3n) is 5.57. The molecule has 2 saturated heterocycles. The molecule has 2 nitrogen and oxygen atoms in total. The topological polar surface area (TPSA) is 15.3 Å². The van der Waals surface area contributed by atoms with E-state index < -0.39 is 0 Å². The van der Waals surface area contributed by atoms with E-state index in [1.807, 2.05) is 0 Å². The van der Waals surface area contributed by atoms with Crippen molar-refractivity contribution in [2.45, 2.75) is 63.1 Å². The van der Waals surface area contributed by atoms with Gasteiger partial charge in [0.2, 0.25) is 0 Å². The second-order valence-electron chi connectivity index (χ2n) is 6.70. The molecule has 0 saturated carbocycles. The summed E-state index contributed by atoms with van der Waals surface area (Å²) >= 11 is 0. The molecule has 0 radical (unpaired) electrons. The van der Waals surface area contributed by atoms with Crippen molar-refractivity contribution in [3.05, 3.63) is 29.3 Å². The molecule has 1 aromatic carbocycles. The molecule has 2 bridgehead atoms. The van der Waals surface area contributed by atoms with Gasteiger partial charge in [0.05, 0.1) is 0 Å². The fourth-order valence-electron chi connectivity index (χ4n) is 4.43. The van der Waals surface area contributed by atoms with Crippen molar-refractivity contribution in [3.63, 3.8) is 0 Å². The Kier molecular flexibility index (Phi) is 2.80. The smallest absolute Gasteiger partial charge is 0.0345 e. The van der Waals surface area contributed by atoms with E-state index in [1.165, 1.54) is 50.6 Å². The summed E-state index contributed by atoms with van der Waals surface area (Å²) in [5.41, 5.74) is 4.52. The lowest BCUT2D eigenvalue weighted by Crippen LogP contribution is -2.44. The van der Waals surface area contributed by atoms with E-state index in [-0.39, 0.29) is 0 Å². The van der Waals surface area contributed by atoms with E-state index in [1.54, 1.807) is 11.1 Å². The van der Waals surface area contributed by atoms with Crippen LogP contribution in [-0.2, 0) is 12.8 Å². The van der Waals surface area contributed by atoms with Crippen LogP contribution in [0.5, 0.6) is 0 Å². The van der Waals surface area contributed by atoms with Gasteiger partial charge in [-0.05, 0) is 75.3 Å². The number of hydrogen-bond donors (Lipinski definition) is 1. The second-order valence-corrected chi connectivity index (χ2v) is 6.70. The zero-order chi connectivity index (χ0) is 12.8. The Bertz CT molecular complexity index is 468. The van der Waals surface area contributed by atoms with Crippen molar-refractivity contribution in [1.29, 1.82) is 0 Å². The first-order chi connectivity index (χ1) is 9.29. The quantitative estimate of drug-likeness (QED) is 0.874. The van der Waals surface area contributed by atoms with Crippen molar-refractivity contribution < 1.29 is 0 Å². The number of nitrogens with zero attached hydrogens (tertiary/aromatic N) is 1. The van der Waals surface area contributed by atoms with Crippen molar-refractivity contribution in [3.8, 4) is 0 Å². The predicted octanol–water partition coefficient (Wildman–Crippen LogP) is 3.21. The molecule has 1 aliphatic carbocycles. The Morgan fingerprint density at radius 3 is 2.58 bits per heavy atom. The molecule has 2 heteroatoms. The molecule has 1 N–H and O–H groups in total. The molecule has 0 spiro atoms. The number of hydrogen-bond acceptors (Lipinski definition) is 2. The molecule has 2 unspecified atom stereocenters. The summed E-state index contributed by atoms with van der Waals surface area (Å²) in [5, 5.41) is 3.81. The minimum Gasteiger partial charge on any atom is -0.382 e. The number of anilines is 1. The van der Waals surface area contributed by atoms with Crippen LogP contribution >= 0.6 is 0 Å². The van der Waals surface area contributed by atoms with Gasteiger partial charge in [0, 0.05) is 23.8 Å². The second kappa shape index (κ2) is 4.52. The summed E-state index contributed by atoms with van der Waals surface area (Å²) in [6.07, 6.45) is 9.37. The lowest BCUT2D eigenvalue weighted by atomic mass is 9.97. The van der Waals surface area contributed by atoms with Crippen LogP contribution in [0.15, 0.2) is 18.2 Å². The van der Waals surface area contributed by atoms with Gasteiger partial charge in [0.15, 0.2) is 0 Å². The normalized spacial score (nSPS) is 33.4. The number of piperidine rings is 1. The summed E-state index contributed by atoms with van der Waals surface area (Å²) in [6, 6.07) is 9.38. The van der Waals surface area contributed by atoms with Gasteiger partial charge in [-0.1, -0.05) is 6.07 Å². The standard InChI is InChI=1S/C17H24N2/c1-19-16-7-8-17(19)11-15(10-16)18-14-6-5-12-3-2-4-13(12)9-14/h5-6,9,15-18H,2-4,7-8,10-11H2,1H3. The van der Waals surface area contributed by atoms with Crippen LogP contribution in [0.3, 0.4) is 0 Å².